The maximum absolute atomic E-state index is 13.0. The van der Waals surface area contributed by atoms with Crippen LogP contribution in [0.2, 0.25) is 0 Å². The fourth-order valence-electron chi connectivity index (χ4n) is 4.89. The number of benzene rings is 2. The zero-order valence-corrected chi connectivity index (χ0v) is 18.3. The van der Waals surface area contributed by atoms with Crippen molar-refractivity contribution in [2.24, 2.45) is 0 Å². The van der Waals surface area contributed by atoms with Crippen LogP contribution in [-0.2, 0) is 24.2 Å². The van der Waals surface area contributed by atoms with E-state index in [1.807, 2.05) is 23.1 Å². The van der Waals surface area contributed by atoms with Gasteiger partial charge in [-0.2, -0.15) is 5.26 Å². The molecule has 1 aromatic heterocycles. The second-order valence-corrected chi connectivity index (χ2v) is 8.33. The summed E-state index contributed by atoms with van der Waals surface area (Å²) in [7, 11) is 0. The molecule has 0 unspecified atom stereocenters. The molecule has 1 amide bonds. The van der Waals surface area contributed by atoms with Crippen molar-refractivity contribution in [1.82, 2.24) is 9.47 Å². The summed E-state index contributed by atoms with van der Waals surface area (Å²) in [5.41, 5.74) is 3.71. The Bertz CT molecular complexity index is 1200. The lowest BCUT2D eigenvalue weighted by molar-refractivity contribution is -0.131. The van der Waals surface area contributed by atoms with Crippen LogP contribution in [0.1, 0.15) is 53.4 Å². The van der Waals surface area contributed by atoms with E-state index >= 15 is 0 Å². The zero-order valence-electron chi connectivity index (χ0n) is 18.3. The summed E-state index contributed by atoms with van der Waals surface area (Å²) < 4.78 is 2.25. The highest BCUT2D eigenvalue weighted by atomic mass is 16.4. The molecule has 1 N–H and O–H groups in total. The second kappa shape index (κ2) is 9.27. The van der Waals surface area contributed by atoms with Crippen LogP contribution in [-0.4, -0.2) is 39.0 Å². The monoisotopic (exact) mass is 429 g/mol. The third-order valence-corrected chi connectivity index (χ3v) is 6.46. The molecular formula is C26H27N3O3. The van der Waals surface area contributed by atoms with E-state index in [4.69, 9.17) is 0 Å². The molecule has 32 heavy (non-hydrogen) atoms. The van der Waals surface area contributed by atoms with Crippen molar-refractivity contribution >= 4 is 22.8 Å². The first-order valence-electron chi connectivity index (χ1n) is 11.1. The maximum Gasteiger partial charge on any atom is 0.335 e. The van der Waals surface area contributed by atoms with Crippen molar-refractivity contribution in [3.63, 3.8) is 0 Å². The summed E-state index contributed by atoms with van der Waals surface area (Å²) in [5, 5.41) is 19.8. The number of hydrogen-bond acceptors (Lipinski definition) is 3. The summed E-state index contributed by atoms with van der Waals surface area (Å²) in [6.45, 7) is 3.65. The topological polar surface area (TPSA) is 86.3 Å². The fourth-order valence-corrected chi connectivity index (χ4v) is 4.89. The molecule has 3 aromatic rings. The molecule has 0 aliphatic carbocycles. The number of amides is 1. The van der Waals surface area contributed by atoms with Gasteiger partial charge in [-0.1, -0.05) is 24.3 Å². The molecular weight excluding hydrogens is 402 g/mol. The summed E-state index contributed by atoms with van der Waals surface area (Å²) >= 11 is 0. The first kappa shape index (κ1) is 21.6. The van der Waals surface area contributed by atoms with Gasteiger partial charge < -0.3 is 14.6 Å². The van der Waals surface area contributed by atoms with Crippen LogP contribution in [0.3, 0.4) is 0 Å². The Labute approximate surface area is 187 Å². The summed E-state index contributed by atoms with van der Waals surface area (Å²) in [4.78, 5) is 26.5. The second-order valence-electron chi connectivity index (χ2n) is 8.33. The van der Waals surface area contributed by atoms with Crippen molar-refractivity contribution in [3.05, 3.63) is 70.9 Å². The molecule has 1 aliphatic heterocycles. The minimum Gasteiger partial charge on any atom is -0.478 e. The van der Waals surface area contributed by atoms with E-state index in [0.29, 0.717) is 11.1 Å². The SMILES string of the molecule is CCn1c(CC[C@@H]2CCCN2C(=O)Cc2ccccc2C(=O)O)cc2ccc(C#N)cc21. The molecule has 6 nitrogen and oxygen atoms in total. The van der Waals surface area contributed by atoms with Gasteiger partial charge >= 0.3 is 5.97 Å². The van der Waals surface area contributed by atoms with E-state index in [1.165, 1.54) is 5.69 Å². The quantitative estimate of drug-likeness (QED) is 0.603. The highest BCUT2D eigenvalue weighted by molar-refractivity contribution is 5.91. The molecule has 4 rings (SSSR count). The number of nitrogens with zero attached hydrogens (tertiary/aromatic N) is 3. The molecule has 1 saturated heterocycles. The third-order valence-electron chi connectivity index (χ3n) is 6.46. The van der Waals surface area contributed by atoms with Gasteiger partial charge in [0.15, 0.2) is 0 Å². The number of aromatic carboxylic acids is 1. The van der Waals surface area contributed by atoms with Crippen molar-refractivity contribution in [1.29, 1.82) is 5.26 Å². The van der Waals surface area contributed by atoms with E-state index in [9.17, 15) is 20.0 Å². The minimum atomic E-state index is -1.00. The predicted octanol–water partition coefficient (Wildman–Crippen LogP) is 4.40. The van der Waals surface area contributed by atoms with Gasteiger partial charge in [-0.25, -0.2) is 4.79 Å². The van der Waals surface area contributed by atoms with E-state index in [1.54, 1.807) is 24.3 Å². The number of carbonyl (C=O) groups excluding carboxylic acids is 1. The number of carboxylic acid groups (broad SMARTS) is 1. The third kappa shape index (κ3) is 4.24. The van der Waals surface area contributed by atoms with Gasteiger partial charge in [0.25, 0.3) is 0 Å². The lowest BCUT2D eigenvalue weighted by Gasteiger charge is -2.25. The number of likely N-dealkylation sites (tertiary alicyclic amines) is 1. The summed E-state index contributed by atoms with van der Waals surface area (Å²) in [5.74, 6) is -1.01. The highest BCUT2D eigenvalue weighted by Crippen LogP contribution is 2.27. The normalized spacial score (nSPS) is 15.8. The predicted molar refractivity (Wildman–Crippen MR) is 122 cm³/mol. The lowest BCUT2D eigenvalue weighted by atomic mass is 10.0. The van der Waals surface area contributed by atoms with Crippen molar-refractivity contribution in [3.8, 4) is 6.07 Å². The number of hydrogen-bond donors (Lipinski definition) is 1. The Kier molecular flexibility index (Phi) is 6.27. The minimum absolute atomic E-state index is 0.00380. The summed E-state index contributed by atoms with van der Waals surface area (Å²) in [6.07, 6.45) is 3.78. The van der Waals surface area contributed by atoms with E-state index in [0.717, 1.165) is 49.7 Å². The van der Waals surface area contributed by atoms with E-state index < -0.39 is 5.97 Å². The summed E-state index contributed by atoms with van der Waals surface area (Å²) in [6, 6.07) is 17.1. The Hall–Kier alpha value is -3.59. The van der Waals surface area contributed by atoms with Crippen molar-refractivity contribution in [2.45, 2.75) is 51.6 Å². The van der Waals surface area contributed by atoms with E-state index in [-0.39, 0.29) is 23.9 Å². The number of nitriles is 1. The molecule has 1 fully saturated rings. The van der Waals surface area contributed by atoms with Crippen LogP contribution in [0.25, 0.3) is 10.9 Å². The van der Waals surface area contributed by atoms with Crippen LogP contribution < -0.4 is 0 Å². The Morgan fingerprint density at radius 3 is 2.75 bits per heavy atom. The van der Waals surface area contributed by atoms with Crippen molar-refractivity contribution in [2.75, 3.05) is 6.54 Å². The number of fused-ring (bicyclic) bond motifs is 1. The van der Waals surface area contributed by atoms with Crippen LogP contribution in [0.5, 0.6) is 0 Å². The first-order valence-corrected chi connectivity index (χ1v) is 11.1. The molecule has 0 radical (unpaired) electrons. The van der Waals surface area contributed by atoms with Gasteiger partial charge in [0.05, 0.1) is 23.6 Å². The molecule has 1 atom stereocenters. The molecule has 0 bridgehead atoms. The number of carbonyl (C=O) groups is 2. The largest absolute Gasteiger partial charge is 0.478 e. The van der Waals surface area contributed by atoms with Crippen LogP contribution in [0.4, 0.5) is 0 Å². The first-order chi connectivity index (χ1) is 15.5. The van der Waals surface area contributed by atoms with Crippen molar-refractivity contribution < 1.29 is 14.7 Å². The van der Waals surface area contributed by atoms with Crippen LogP contribution >= 0.6 is 0 Å². The molecule has 2 heterocycles. The standard InChI is InChI=1S/C26H27N3O3/c1-2-28-22(15-20-10-9-18(17-27)14-24(20)28)12-11-21-7-5-13-29(21)25(30)16-19-6-3-4-8-23(19)26(31)32/h3-4,6,8-10,14-15,21H,2,5,7,11-13,16H2,1H3,(H,31,32)/t21-/m0/s1. The average molecular weight is 430 g/mol. The molecule has 2 aromatic carbocycles. The van der Waals surface area contributed by atoms with Crippen LogP contribution in [0, 0.1) is 11.3 Å². The Morgan fingerprint density at radius 1 is 1.19 bits per heavy atom. The van der Waals surface area contributed by atoms with E-state index in [2.05, 4.69) is 23.6 Å². The smallest absolute Gasteiger partial charge is 0.335 e. The van der Waals surface area contributed by atoms with Gasteiger partial charge in [0.1, 0.15) is 0 Å². The maximum atomic E-state index is 13.0. The Balaban J connectivity index is 1.48. The fraction of sp³-hybridized carbons (Fsp3) is 0.346. The van der Waals surface area contributed by atoms with Gasteiger partial charge in [-0.15, -0.1) is 0 Å². The molecule has 0 saturated carbocycles. The number of aromatic nitrogens is 1. The van der Waals surface area contributed by atoms with Crippen LogP contribution in [0.15, 0.2) is 48.5 Å². The number of rotatable bonds is 7. The highest BCUT2D eigenvalue weighted by Gasteiger charge is 2.29. The van der Waals surface area contributed by atoms with Gasteiger partial charge in [0.2, 0.25) is 5.91 Å². The molecule has 0 spiro atoms. The number of carboxylic acids is 1. The van der Waals surface area contributed by atoms with Gasteiger partial charge in [-0.3, -0.25) is 4.79 Å². The molecule has 164 valence electrons. The number of aryl methyl sites for hydroxylation is 2. The zero-order chi connectivity index (χ0) is 22.7. The van der Waals surface area contributed by atoms with Gasteiger partial charge in [-0.05, 0) is 67.8 Å². The Morgan fingerprint density at radius 2 is 2.00 bits per heavy atom. The molecule has 6 heteroatoms. The average Bonchev–Trinajstić information content (AvgIpc) is 3.41. The lowest BCUT2D eigenvalue weighted by Crippen LogP contribution is -2.37. The molecule has 1 aliphatic rings. The van der Waals surface area contributed by atoms with Gasteiger partial charge in [0, 0.05) is 30.3 Å².